The molecule has 0 bridgehead atoms. The average Bonchev–Trinajstić information content (AvgIpc) is 2.80. The number of allylic oxidation sites excluding steroid dienone is 2. The zero-order chi connectivity index (χ0) is 12.5. The molecule has 0 N–H and O–H groups in total. The van der Waals surface area contributed by atoms with Gasteiger partial charge >= 0.3 is 0 Å². The summed E-state index contributed by atoms with van der Waals surface area (Å²) in [4.78, 5) is 11.7. The molecule has 4 heteroatoms. The minimum Gasteiger partial charge on any atom is -0.465 e. The van der Waals surface area contributed by atoms with E-state index in [9.17, 15) is 4.79 Å². The highest BCUT2D eigenvalue weighted by Gasteiger charge is 2.00. The third-order valence-electron chi connectivity index (χ3n) is 1.79. The fourth-order valence-electron chi connectivity index (χ4n) is 1.12. The zero-order valence-corrected chi connectivity index (χ0v) is 11.6. The molecule has 0 unspecified atom stereocenters. The summed E-state index contributed by atoms with van der Waals surface area (Å²) in [6.45, 7) is 4.16. The number of carbonyl (C=O) groups excluding carboxylic acids is 1. The van der Waals surface area contributed by atoms with Crippen LogP contribution in [0.25, 0.3) is 6.08 Å². The minimum atomic E-state index is -0.00157. The lowest BCUT2D eigenvalue weighted by Crippen LogP contribution is -1.87. The number of hydrogen-bond donors (Lipinski definition) is 0. The van der Waals surface area contributed by atoms with Gasteiger partial charge in [0.05, 0.1) is 6.26 Å². The second-order valence-electron chi connectivity index (χ2n) is 3.08. The third-order valence-corrected chi connectivity index (χ3v) is 3.88. The first kappa shape index (κ1) is 14.2. The van der Waals surface area contributed by atoms with Gasteiger partial charge in [-0.2, -0.15) is 0 Å². The van der Waals surface area contributed by atoms with Crippen LogP contribution in [0.4, 0.5) is 0 Å². The fourth-order valence-corrected chi connectivity index (χ4v) is 3.13. The molecule has 0 saturated heterocycles. The van der Waals surface area contributed by atoms with Gasteiger partial charge in [0.1, 0.15) is 5.76 Å². The maximum Gasteiger partial charge on any atom is 0.180 e. The summed E-state index contributed by atoms with van der Waals surface area (Å²) < 4.78 is 6.19. The van der Waals surface area contributed by atoms with E-state index in [1.807, 2.05) is 6.07 Å². The lowest BCUT2D eigenvalue weighted by Gasteiger charge is -2.01. The fraction of sp³-hybridized carbons (Fsp3) is 0.308. The van der Waals surface area contributed by atoms with Gasteiger partial charge in [-0.25, -0.2) is 0 Å². The first-order chi connectivity index (χ1) is 8.26. The maximum atomic E-state index is 11.7. The number of rotatable bonds is 7. The Balaban J connectivity index is 2.59. The van der Waals surface area contributed by atoms with Crippen molar-refractivity contribution in [1.29, 1.82) is 0 Å². The van der Waals surface area contributed by atoms with E-state index < -0.39 is 0 Å². The second kappa shape index (κ2) is 8.25. The Bertz CT molecular complexity index is 384. The lowest BCUT2D eigenvalue weighted by molar-refractivity contribution is -0.110. The predicted molar refractivity (Wildman–Crippen MR) is 77.1 cm³/mol. The molecule has 0 aliphatic carbocycles. The number of carbonyl (C=O) groups is 1. The van der Waals surface area contributed by atoms with Crippen LogP contribution in [0.5, 0.6) is 0 Å². The molecular formula is C13H16O2S2. The molecule has 1 heterocycles. The number of ketones is 1. The summed E-state index contributed by atoms with van der Waals surface area (Å²) in [5.74, 6) is 2.65. The van der Waals surface area contributed by atoms with Crippen molar-refractivity contribution in [2.45, 2.75) is 13.8 Å². The first-order valence-electron chi connectivity index (χ1n) is 5.49. The van der Waals surface area contributed by atoms with Crippen LogP contribution in [0.1, 0.15) is 19.6 Å². The second-order valence-corrected chi connectivity index (χ2v) is 5.95. The molecule has 0 saturated carbocycles. The molecule has 0 aromatic carbocycles. The number of hydrogen-bond acceptors (Lipinski definition) is 4. The minimum absolute atomic E-state index is 0.00157. The van der Waals surface area contributed by atoms with E-state index in [-0.39, 0.29) is 5.78 Å². The molecule has 1 aromatic heterocycles. The van der Waals surface area contributed by atoms with Crippen molar-refractivity contribution in [3.63, 3.8) is 0 Å². The van der Waals surface area contributed by atoms with E-state index in [0.29, 0.717) is 5.76 Å². The quantitative estimate of drug-likeness (QED) is 0.693. The molecular weight excluding hydrogens is 252 g/mol. The first-order valence-corrected chi connectivity index (χ1v) is 7.46. The zero-order valence-electron chi connectivity index (χ0n) is 10.0. The number of thioether (sulfide) groups is 2. The van der Waals surface area contributed by atoms with Gasteiger partial charge in [-0.1, -0.05) is 13.8 Å². The summed E-state index contributed by atoms with van der Waals surface area (Å²) >= 11 is 3.40. The van der Waals surface area contributed by atoms with Crippen LogP contribution in [0.15, 0.2) is 39.2 Å². The third kappa shape index (κ3) is 5.84. The topological polar surface area (TPSA) is 30.2 Å². The molecule has 1 aromatic rings. The summed E-state index contributed by atoms with van der Waals surface area (Å²) in [6, 6.07) is 3.61. The van der Waals surface area contributed by atoms with Crippen LogP contribution in [-0.2, 0) is 4.79 Å². The highest BCUT2D eigenvalue weighted by atomic mass is 32.2. The molecule has 0 spiro atoms. The SMILES string of the molecule is CCSC(=CC(=O)/C=C/c1ccco1)SCC. The van der Waals surface area contributed by atoms with E-state index >= 15 is 0 Å². The van der Waals surface area contributed by atoms with Crippen molar-refractivity contribution in [2.24, 2.45) is 0 Å². The summed E-state index contributed by atoms with van der Waals surface area (Å²) in [5, 5.41) is 0. The Kier molecular flexibility index (Phi) is 6.89. The van der Waals surface area contributed by atoms with Crippen molar-refractivity contribution in [3.8, 4) is 0 Å². The summed E-state index contributed by atoms with van der Waals surface area (Å²) in [5.41, 5.74) is 0. The molecule has 0 amide bonds. The lowest BCUT2D eigenvalue weighted by atomic mass is 10.3. The van der Waals surface area contributed by atoms with Gasteiger partial charge < -0.3 is 4.42 Å². The van der Waals surface area contributed by atoms with E-state index in [4.69, 9.17) is 4.42 Å². The van der Waals surface area contributed by atoms with Gasteiger partial charge in [-0.15, -0.1) is 23.5 Å². The Hall–Kier alpha value is -0.870. The Morgan fingerprint density at radius 1 is 1.35 bits per heavy atom. The molecule has 0 aliphatic heterocycles. The van der Waals surface area contributed by atoms with Crippen LogP contribution in [0.2, 0.25) is 0 Å². The van der Waals surface area contributed by atoms with E-state index in [1.54, 1.807) is 48.0 Å². The average molecular weight is 268 g/mol. The van der Waals surface area contributed by atoms with Crippen LogP contribution in [-0.4, -0.2) is 17.3 Å². The summed E-state index contributed by atoms with van der Waals surface area (Å²) in [7, 11) is 0. The van der Waals surface area contributed by atoms with Crippen molar-refractivity contribution >= 4 is 35.4 Å². The maximum absolute atomic E-state index is 11.7. The molecule has 0 radical (unpaired) electrons. The standard InChI is InChI=1S/C13H16O2S2/c1-3-16-13(17-4-2)10-11(14)7-8-12-6-5-9-15-12/h5-10H,3-4H2,1-2H3/b8-7+. The van der Waals surface area contributed by atoms with E-state index in [2.05, 4.69) is 13.8 Å². The van der Waals surface area contributed by atoms with E-state index in [1.165, 1.54) is 6.08 Å². The molecule has 1 rings (SSSR count). The van der Waals surface area contributed by atoms with Crippen molar-refractivity contribution in [1.82, 2.24) is 0 Å². The largest absolute Gasteiger partial charge is 0.465 e. The normalized spacial score (nSPS) is 10.7. The monoisotopic (exact) mass is 268 g/mol. The van der Waals surface area contributed by atoms with Gasteiger partial charge in [-0.3, -0.25) is 4.79 Å². The Morgan fingerprint density at radius 3 is 2.59 bits per heavy atom. The van der Waals surface area contributed by atoms with Gasteiger partial charge in [-0.05, 0) is 35.8 Å². The van der Waals surface area contributed by atoms with Crippen molar-refractivity contribution in [2.75, 3.05) is 11.5 Å². The Labute approximate surface area is 111 Å². The Morgan fingerprint density at radius 2 is 2.06 bits per heavy atom. The van der Waals surface area contributed by atoms with Gasteiger partial charge in [0.2, 0.25) is 0 Å². The van der Waals surface area contributed by atoms with Crippen LogP contribution in [0.3, 0.4) is 0 Å². The molecule has 0 atom stereocenters. The summed E-state index contributed by atoms with van der Waals surface area (Å²) in [6.07, 6.45) is 6.49. The molecule has 92 valence electrons. The predicted octanol–water partition coefficient (Wildman–Crippen LogP) is 4.21. The van der Waals surface area contributed by atoms with Gasteiger partial charge in [0.15, 0.2) is 5.78 Å². The van der Waals surface area contributed by atoms with Crippen LogP contribution < -0.4 is 0 Å². The highest BCUT2D eigenvalue weighted by molar-refractivity contribution is 8.22. The van der Waals surface area contributed by atoms with Crippen molar-refractivity contribution < 1.29 is 9.21 Å². The van der Waals surface area contributed by atoms with Crippen LogP contribution >= 0.6 is 23.5 Å². The van der Waals surface area contributed by atoms with E-state index in [0.717, 1.165) is 15.7 Å². The highest BCUT2D eigenvalue weighted by Crippen LogP contribution is 2.27. The molecule has 0 fully saturated rings. The number of furan rings is 1. The smallest absolute Gasteiger partial charge is 0.180 e. The molecule has 2 nitrogen and oxygen atoms in total. The van der Waals surface area contributed by atoms with Gasteiger partial charge in [0, 0.05) is 10.3 Å². The van der Waals surface area contributed by atoms with Crippen LogP contribution in [0, 0.1) is 0 Å². The van der Waals surface area contributed by atoms with Crippen molar-refractivity contribution in [3.05, 3.63) is 40.5 Å². The molecule has 0 aliphatic rings. The van der Waals surface area contributed by atoms with Gasteiger partial charge in [0.25, 0.3) is 0 Å². The molecule has 17 heavy (non-hydrogen) atoms.